The molecule has 0 saturated heterocycles. The monoisotopic (exact) mass is 304 g/mol. The molecule has 0 aliphatic heterocycles. The summed E-state index contributed by atoms with van der Waals surface area (Å²) in [6.07, 6.45) is 5.32. The van der Waals surface area contributed by atoms with Gasteiger partial charge in [-0.1, -0.05) is 6.42 Å². The Balaban J connectivity index is 1.54. The van der Waals surface area contributed by atoms with Crippen molar-refractivity contribution in [2.75, 3.05) is 12.4 Å². The third-order valence-corrected chi connectivity index (χ3v) is 4.84. The average molecular weight is 304 g/mol. The van der Waals surface area contributed by atoms with E-state index in [1.165, 1.54) is 32.8 Å². The molecule has 3 rings (SSSR count). The summed E-state index contributed by atoms with van der Waals surface area (Å²) in [5.74, 6) is 1.36. The highest BCUT2D eigenvalue weighted by Gasteiger charge is 2.39. The Morgan fingerprint density at radius 2 is 2.00 bits per heavy atom. The van der Waals surface area contributed by atoms with Gasteiger partial charge in [0.05, 0.1) is 12.7 Å². The van der Waals surface area contributed by atoms with Crippen LogP contribution in [0.5, 0.6) is 0 Å². The molecule has 0 radical (unpaired) electrons. The van der Waals surface area contributed by atoms with Crippen molar-refractivity contribution >= 4 is 29.0 Å². The molecule has 3 atom stereocenters. The fourth-order valence-electron chi connectivity index (χ4n) is 3.56. The van der Waals surface area contributed by atoms with E-state index in [2.05, 4.69) is 15.4 Å². The van der Waals surface area contributed by atoms with Crippen molar-refractivity contribution < 1.29 is 9.53 Å². The number of hydrogen-bond donors (Lipinski definition) is 2. The predicted octanol–water partition coefficient (Wildman–Crippen LogP) is 2.95. The topological polar surface area (TPSA) is 50.4 Å². The highest BCUT2D eigenvalue weighted by molar-refractivity contribution is 7.80. The number of esters is 1. The largest absolute Gasteiger partial charge is 0.465 e. The molecule has 1 aromatic carbocycles. The van der Waals surface area contributed by atoms with Crippen LogP contribution in [0.1, 0.15) is 36.0 Å². The fourth-order valence-corrected chi connectivity index (χ4v) is 3.83. The minimum atomic E-state index is -0.329. The highest BCUT2D eigenvalue weighted by Crippen LogP contribution is 2.44. The van der Waals surface area contributed by atoms with Crippen LogP contribution in [0.4, 0.5) is 5.69 Å². The Hall–Kier alpha value is -1.62. The number of carbonyl (C=O) groups is 1. The third kappa shape index (κ3) is 3.18. The van der Waals surface area contributed by atoms with Crippen LogP contribution in [0.3, 0.4) is 0 Å². The minimum absolute atomic E-state index is 0.329. The molecule has 0 heterocycles. The van der Waals surface area contributed by atoms with Crippen LogP contribution < -0.4 is 10.6 Å². The maximum absolute atomic E-state index is 11.4. The zero-order valence-electron chi connectivity index (χ0n) is 12.1. The summed E-state index contributed by atoms with van der Waals surface area (Å²) in [7, 11) is 1.38. The molecule has 1 aromatic rings. The maximum Gasteiger partial charge on any atom is 0.337 e. The summed E-state index contributed by atoms with van der Waals surface area (Å²) >= 11 is 5.38. The molecule has 4 nitrogen and oxygen atoms in total. The number of methoxy groups -OCH3 is 1. The van der Waals surface area contributed by atoms with E-state index in [4.69, 9.17) is 12.2 Å². The van der Waals surface area contributed by atoms with Gasteiger partial charge < -0.3 is 15.4 Å². The molecule has 2 N–H and O–H groups in total. The molecule has 5 heteroatoms. The molecule has 21 heavy (non-hydrogen) atoms. The lowest BCUT2D eigenvalue weighted by Gasteiger charge is -2.24. The van der Waals surface area contributed by atoms with E-state index in [0.29, 0.717) is 16.7 Å². The number of anilines is 1. The molecule has 2 bridgehead atoms. The first kappa shape index (κ1) is 14.3. The third-order valence-electron chi connectivity index (χ3n) is 4.62. The first-order valence-corrected chi connectivity index (χ1v) is 7.82. The summed E-state index contributed by atoms with van der Waals surface area (Å²) in [5, 5.41) is 7.28. The lowest BCUT2D eigenvalue weighted by molar-refractivity contribution is 0.0601. The van der Waals surface area contributed by atoms with E-state index in [1.54, 1.807) is 12.1 Å². The molecule has 2 saturated carbocycles. The lowest BCUT2D eigenvalue weighted by Crippen LogP contribution is -2.40. The van der Waals surface area contributed by atoms with Gasteiger partial charge in [0.25, 0.3) is 0 Å². The highest BCUT2D eigenvalue weighted by atomic mass is 32.1. The minimum Gasteiger partial charge on any atom is -0.465 e. The molecule has 0 aromatic heterocycles. The normalized spacial score (nSPS) is 26.4. The van der Waals surface area contributed by atoms with Gasteiger partial charge in [-0.05, 0) is 67.6 Å². The maximum atomic E-state index is 11.4. The molecule has 112 valence electrons. The van der Waals surface area contributed by atoms with Crippen LogP contribution in [-0.2, 0) is 4.74 Å². The first-order valence-electron chi connectivity index (χ1n) is 7.41. The molecule has 0 spiro atoms. The van der Waals surface area contributed by atoms with E-state index in [0.717, 1.165) is 17.5 Å². The van der Waals surface area contributed by atoms with E-state index in [-0.39, 0.29) is 5.97 Å². The lowest BCUT2D eigenvalue weighted by atomic mass is 9.96. The molecule has 2 fully saturated rings. The number of benzene rings is 1. The second-order valence-electron chi connectivity index (χ2n) is 5.95. The second kappa shape index (κ2) is 6.02. The molecule has 0 amide bonds. The number of carbonyl (C=O) groups excluding carboxylic acids is 1. The van der Waals surface area contributed by atoms with Crippen LogP contribution in [0, 0.1) is 11.8 Å². The van der Waals surface area contributed by atoms with Crippen molar-refractivity contribution in [3.8, 4) is 0 Å². The molecule has 0 unspecified atom stereocenters. The number of nitrogens with one attached hydrogen (secondary N) is 2. The number of hydrogen-bond acceptors (Lipinski definition) is 3. The summed E-state index contributed by atoms with van der Waals surface area (Å²) in [6, 6.07) is 7.66. The fraction of sp³-hybridized carbons (Fsp3) is 0.500. The summed E-state index contributed by atoms with van der Waals surface area (Å²) in [4.78, 5) is 11.4. The van der Waals surface area contributed by atoms with Crippen LogP contribution in [0.2, 0.25) is 0 Å². The van der Waals surface area contributed by atoms with Crippen LogP contribution >= 0.6 is 12.2 Å². The molecule has 2 aliphatic rings. The van der Waals surface area contributed by atoms with Crippen LogP contribution in [0.25, 0.3) is 0 Å². The van der Waals surface area contributed by atoms with Gasteiger partial charge in [0.1, 0.15) is 0 Å². The van der Waals surface area contributed by atoms with Gasteiger partial charge >= 0.3 is 5.97 Å². The van der Waals surface area contributed by atoms with Crippen molar-refractivity contribution in [1.29, 1.82) is 0 Å². The average Bonchev–Trinajstić information content (AvgIpc) is 3.09. The number of fused-ring (bicyclic) bond motifs is 2. The first-order chi connectivity index (χ1) is 10.2. The zero-order valence-corrected chi connectivity index (χ0v) is 12.9. The number of ether oxygens (including phenoxy) is 1. The van der Waals surface area contributed by atoms with Gasteiger partial charge in [-0.25, -0.2) is 4.79 Å². The van der Waals surface area contributed by atoms with E-state index >= 15 is 0 Å². The Labute approximate surface area is 130 Å². The van der Waals surface area contributed by atoms with E-state index in [9.17, 15) is 4.79 Å². The predicted molar refractivity (Wildman–Crippen MR) is 86.4 cm³/mol. The van der Waals surface area contributed by atoms with Crippen molar-refractivity contribution in [2.24, 2.45) is 11.8 Å². The Morgan fingerprint density at radius 1 is 1.24 bits per heavy atom. The number of thiocarbonyl (C=S) groups is 1. The standard InChI is InChI=1S/C16H20N2O2S/c1-20-15(19)11-4-6-13(7-5-11)17-16(21)18-14-9-10-2-3-12(14)8-10/h4-7,10,12,14H,2-3,8-9H2,1H3,(H2,17,18,21)/t10-,12-,14-/m0/s1. The Bertz CT molecular complexity index is 544. The van der Waals surface area contributed by atoms with Crippen LogP contribution in [-0.4, -0.2) is 24.2 Å². The van der Waals surface area contributed by atoms with Gasteiger partial charge in [0, 0.05) is 11.7 Å². The van der Waals surface area contributed by atoms with Gasteiger partial charge in [0.15, 0.2) is 5.11 Å². The Morgan fingerprint density at radius 3 is 2.57 bits per heavy atom. The summed E-state index contributed by atoms with van der Waals surface area (Å²) in [6.45, 7) is 0. The van der Waals surface area contributed by atoms with Crippen molar-refractivity contribution in [3.63, 3.8) is 0 Å². The van der Waals surface area contributed by atoms with Gasteiger partial charge in [-0.3, -0.25) is 0 Å². The van der Waals surface area contributed by atoms with E-state index in [1.807, 2.05) is 12.1 Å². The molecule has 2 aliphatic carbocycles. The smallest absolute Gasteiger partial charge is 0.337 e. The SMILES string of the molecule is COC(=O)c1ccc(NC(=S)N[C@H]2C[C@H]3CC[C@H]2C3)cc1. The quantitative estimate of drug-likeness (QED) is 0.664. The summed E-state index contributed by atoms with van der Waals surface area (Å²) in [5.41, 5.74) is 1.42. The number of rotatable bonds is 3. The summed E-state index contributed by atoms with van der Waals surface area (Å²) < 4.78 is 4.68. The van der Waals surface area contributed by atoms with Crippen LogP contribution in [0.15, 0.2) is 24.3 Å². The van der Waals surface area contributed by atoms with E-state index < -0.39 is 0 Å². The zero-order chi connectivity index (χ0) is 14.8. The van der Waals surface area contributed by atoms with Gasteiger partial charge in [0.2, 0.25) is 0 Å². The van der Waals surface area contributed by atoms with Crippen molar-refractivity contribution in [2.45, 2.75) is 31.7 Å². The van der Waals surface area contributed by atoms with Gasteiger partial charge in [-0.2, -0.15) is 0 Å². The Kier molecular flexibility index (Phi) is 4.10. The second-order valence-corrected chi connectivity index (χ2v) is 6.36. The van der Waals surface area contributed by atoms with Gasteiger partial charge in [-0.15, -0.1) is 0 Å². The molecular weight excluding hydrogens is 284 g/mol. The van der Waals surface area contributed by atoms with Crippen molar-refractivity contribution in [3.05, 3.63) is 29.8 Å². The van der Waals surface area contributed by atoms with Crippen molar-refractivity contribution in [1.82, 2.24) is 5.32 Å². The molecular formula is C16H20N2O2S.